The van der Waals surface area contributed by atoms with E-state index >= 15 is 0 Å². The van der Waals surface area contributed by atoms with Crippen molar-refractivity contribution in [3.8, 4) is 0 Å². The molecule has 5 nitrogen and oxygen atoms in total. The lowest BCUT2D eigenvalue weighted by atomic mass is 9.60. The summed E-state index contributed by atoms with van der Waals surface area (Å²) < 4.78 is 11.9. The molecule has 2 bridgehead atoms. The highest BCUT2D eigenvalue weighted by Gasteiger charge is 2.69. The van der Waals surface area contributed by atoms with E-state index in [4.69, 9.17) is 19.2 Å². The maximum absolute atomic E-state index is 12.0. The second-order valence-electron chi connectivity index (χ2n) is 8.07. The van der Waals surface area contributed by atoms with Crippen molar-refractivity contribution in [1.82, 2.24) is 0 Å². The van der Waals surface area contributed by atoms with E-state index in [9.17, 15) is 4.79 Å². The normalized spacial score (nSPS) is 50.5. The van der Waals surface area contributed by atoms with Gasteiger partial charge in [0.1, 0.15) is 0 Å². The molecule has 0 aromatic rings. The molecule has 4 aliphatic heterocycles. The van der Waals surface area contributed by atoms with E-state index in [1.54, 1.807) is 0 Å². The van der Waals surface area contributed by atoms with Crippen molar-refractivity contribution in [2.45, 2.75) is 77.0 Å². The van der Waals surface area contributed by atoms with Crippen LogP contribution in [0.25, 0.3) is 0 Å². The van der Waals surface area contributed by atoms with Gasteiger partial charge in [-0.1, -0.05) is 20.8 Å². The zero-order valence-electron chi connectivity index (χ0n) is 13.7. The van der Waals surface area contributed by atoms with E-state index in [1.807, 2.05) is 0 Å². The van der Waals surface area contributed by atoms with Gasteiger partial charge < -0.3 is 9.47 Å². The molecule has 5 fully saturated rings. The van der Waals surface area contributed by atoms with Crippen LogP contribution in [0.2, 0.25) is 0 Å². The Morgan fingerprint density at radius 3 is 2.82 bits per heavy atom. The Balaban J connectivity index is 1.74. The topological polar surface area (TPSA) is 54.0 Å². The van der Waals surface area contributed by atoms with E-state index in [2.05, 4.69) is 20.8 Å². The molecule has 1 spiro atoms. The predicted octanol–water partition coefficient (Wildman–Crippen LogP) is 3.18. The molecule has 0 amide bonds. The third-order valence-corrected chi connectivity index (χ3v) is 6.11. The lowest BCUT2D eigenvalue weighted by Crippen LogP contribution is -2.68. The summed E-state index contributed by atoms with van der Waals surface area (Å²) in [6.07, 6.45) is 4.50. The lowest BCUT2D eigenvalue weighted by Gasteiger charge is -2.56. The Morgan fingerprint density at radius 1 is 1.23 bits per heavy atom. The van der Waals surface area contributed by atoms with Crippen molar-refractivity contribution >= 4 is 5.97 Å². The smallest absolute Gasteiger partial charge is 0.308 e. The van der Waals surface area contributed by atoms with E-state index in [-0.39, 0.29) is 11.9 Å². The Kier molecular flexibility index (Phi) is 3.34. The van der Waals surface area contributed by atoms with Gasteiger partial charge >= 0.3 is 5.97 Å². The van der Waals surface area contributed by atoms with Crippen LogP contribution >= 0.6 is 0 Å². The lowest BCUT2D eigenvalue weighted by molar-refractivity contribution is -0.562. The van der Waals surface area contributed by atoms with Gasteiger partial charge in [-0.3, -0.25) is 4.79 Å². The van der Waals surface area contributed by atoms with Crippen LogP contribution < -0.4 is 0 Å². The summed E-state index contributed by atoms with van der Waals surface area (Å²) in [6, 6.07) is 0. The molecule has 0 N–H and O–H groups in total. The van der Waals surface area contributed by atoms with Crippen molar-refractivity contribution in [1.29, 1.82) is 0 Å². The molecule has 4 saturated heterocycles. The number of hydrogen-bond acceptors (Lipinski definition) is 5. The molecule has 0 unspecified atom stereocenters. The van der Waals surface area contributed by atoms with Gasteiger partial charge in [0.25, 0.3) is 0 Å². The molecule has 6 atom stereocenters. The van der Waals surface area contributed by atoms with Crippen LogP contribution in [0, 0.1) is 23.7 Å². The number of carbonyl (C=O) groups excluding carboxylic acids is 1. The highest BCUT2D eigenvalue weighted by Crippen LogP contribution is 2.59. The van der Waals surface area contributed by atoms with Gasteiger partial charge in [0.2, 0.25) is 12.1 Å². The fraction of sp³-hybridized carbons (Fsp3) is 0.941. The number of ether oxygens (including phenoxy) is 2. The molecule has 5 aliphatic rings. The van der Waals surface area contributed by atoms with Crippen molar-refractivity contribution < 1.29 is 24.0 Å². The van der Waals surface area contributed by atoms with Crippen LogP contribution in [0.3, 0.4) is 0 Å². The predicted molar refractivity (Wildman–Crippen MR) is 77.3 cm³/mol. The third kappa shape index (κ3) is 1.98. The van der Waals surface area contributed by atoms with Gasteiger partial charge in [-0.15, -0.1) is 0 Å². The SMILES string of the molecule is CC(C)C[C@@]12CC[C@H]3[C@H](C)CC[C@H]4CC(=O)O[C@H](O1)[C@]43OO2. The van der Waals surface area contributed by atoms with E-state index in [0.717, 1.165) is 32.1 Å². The first-order chi connectivity index (χ1) is 10.5. The van der Waals surface area contributed by atoms with Crippen LogP contribution in [-0.4, -0.2) is 23.6 Å². The minimum absolute atomic E-state index is 0.148. The number of carbonyl (C=O) groups is 1. The molecule has 5 rings (SSSR count). The van der Waals surface area contributed by atoms with Crippen LogP contribution in [0.15, 0.2) is 0 Å². The molecule has 0 aromatic carbocycles. The van der Waals surface area contributed by atoms with Crippen LogP contribution in [0.1, 0.15) is 59.3 Å². The van der Waals surface area contributed by atoms with Crippen LogP contribution in [0.5, 0.6) is 0 Å². The number of rotatable bonds is 2. The molecule has 5 heteroatoms. The van der Waals surface area contributed by atoms with Gasteiger partial charge in [0, 0.05) is 24.7 Å². The second kappa shape index (κ2) is 4.92. The zero-order chi connectivity index (χ0) is 15.5. The second-order valence-corrected chi connectivity index (χ2v) is 8.07. The molecular formula is C17H26O5. The van der Waals surface area contributed by atoms with E-state index < -0.39 is 17.7 Å². The van der Waals surface area contributed by atoms with Gasteiger partial charge in [-0.05, 0) is 31.1 Å². The maximum Gasteiger partial charge on any atom is 0.308 e. The maximum atomic E-state index is 12.0. The minimum atomic E-state index is -0.761. The first kappa shape index (κ1) is 14.9. The summed E-state index contributed by atoms with van der Waals surface area (Å²) in [5.41, 5.74) is -0.595. The summed E-state index contributed by atoms with van der Waals surface area (Å²) in [6.45, 7) is 6.56. The molecule has 1 aliphatic carbocycles. The van der Waals surface area contributed by atoms with Crippen LogP contribution in [-0.2, 0) is 24.0 Å². The van der Waals surface area contributed by atoms with Gasteiger partial charge in [0.05, 0.1) is 6.42 Å². The molecule has 0 radical (unpaired) electrons. The fourth-order valence-electron chi connectivity index (χ4n) is 5.17. The van der Waals surface area contributed by atoms with Crippen LogP contribution in [0.4, 0.5) is 0 Å². The Morgan fingerprint density at radius 2 is 2.05 bits per heavy atom. The summed E-state index contributed by atoms with van der Waals surface area (Å²) in [4.78, 5) is 24.0. The summed E-state index contributed by atoms with van der Waals surface area (Å²) in [5.74, 6) is 0.519. The summed E-state index contributed by atoms with van der Waals surface area (Å²) in [7, 11) is 0. The first-order valence-electron chi connectivity index (χ1n) is 8.69. The summed E-state index contributed by atoms with van der Waals surface area (Å²) >= 11 is 0. The highest BCUT2D eigenvalue weighted by molar-refractivity contribution is 5.71. The van der Waals surface area contributed by atoms with Crippen molar-refractivity contribution in [3.63, 3.8) is 0 Å². The number of hydrogen-bond donors (Lipinski definition) is 0. The standard InChI is InChI=1S/C17H26O5/c1-10(2)9-16-7-6-13-11(3)4-5-12-8-14(18)19-15(20-16)17(12,13)22-21-16/h10-13,15H,4-9H2,1-3H3/t11-,12+,13+,15-,16+,17+/m1/s1. The quantitative estimate of drug-likeness (QED) is 0.579. The van der Waals surface area contributed by atoms with E-state index in [1.165, 1.54) is 0 Å². The molecular weight excluding hydrogens is 284 g/mol. The first-order valence-corrected chi connectivity index (χ1v) is 8.69. The average molecular weight is 310 g/mol. The van der Waals surface area contributed by atoms with E-state index in [0.29, 0.717) is 24.2 Å². The highest BCUT2D eigenvalue weighted by atomic mass is 17.3. The number of fused-ring (bicyclic) bond motifs is 2. The molecule has 124 valence electrons. The molecule has 0 aromatic heterocycles. The largest absolute Gasteiger partial charge is 0.432 e. The molecule has 1 saturated carbocycles. The van der Waals surface area contributed by atoms with Gasteiger partial charge in [0.15, 0.2) is 5.60 Å². The Labute approximate surface area is 131 Å². The van der Waals surface area contributed by atoms with Crippen molar-refractivity contribution in [3.05, 3.63) is 0 Å². The summed E-state index contributed by atoms with van der Waals surface area (Å²) in [5, 5.41) is 0. The van der Waals surface area contributed by atoms with Gasteiger partial charge in [-0.25, -0.2) is 9.78 Å². The monoisotopic (exact) mass is 310 g/mol. The zero-order valence-corrected chi connectivity index (χ0v) is 13.7. The number of esters is 1. The molecule has 4 heterocycles. The van der Waals surface area contributed by atoms with Crippen molar-refractivity contribution in [2.75, 3.05) is 0 Å². The third-order valence-electron chi connectivity index (χ3n) is 6.11. The average Bonchev–Trinajstić information content (AvgIpc) is 2.68. The Hall–Kier alpha value is -0.650. The Bertz CT molecular complexity index is 474. The minimum Gasteiger partial charge on any atom is -0.432 e. The fourth-order valence-corrected chi connectivity index (χ4v) is 5.17. The van der Waals surface area contributed by atoms with Gasteiger partial charge in [-0.2, -0.15) is 0 Å². The van der Waals surface area contributed by atoms with Crippen molar-refractivity contribution in [2.24, 2.45) is 23.7 Å². The molecule has 22 heavy (non-hydrogen) atoms.